The number of hydrogen-bond acceptors (Lipinski definition) is 3. The molecule has 0 bridgehead atoms. The fraction of sp³-hybridized carbons (Fsp3) is 0.0526. The number of rotatable bonds is 5. The minimum atomic E-state index is -4.45. The number of halogens is 4. The molecule has 0 atom stereocenters. The van der Waals surface area contributed by atoms with Crippen LogP contribution >= 0.6 is 0 Å². The third-order valence-corrected chi connectivity index (χ3v) is 5.25. The summed E-state index contributed by atoms with van der Waals surface area (Å²) in [7, 11) is -4.45. The maximum absolute atomic E-state index is 14.3. The first-order valence-corrected chi connectivity index (χ1v) is 9.46. The number of hydrogen-bond donors (Lipinski definition) is 2. The molecule has 0 aliphatic heterocycles. The van der Waals surface area contributed by atoms with Crippen LogP contribution in [0, 0.1) is 30.2 Å². The second-order valence-corrected chi connectivity index (χ2v) is 7.58. The summed E-state index contributed by atoms with van der Waals surface area (Å²) in [6.07, 6.45) is 0. The van der Waals surface area contributed by atoms with Gasteiger partial charge in [0.2, 0.25) is 0 Å². The minimum Gasteiger partial charge on any atom is -0.349 e. The Morgan fingerprint density at radius 2 is 1.46 bits per heavy atom. The van der Waals surface area contributed by atoms with Gasteiger partial charge in [0.15, 0.2) is 11.6 Å². The monoisotopic (exact) mass is 410 g/mol. The summed E-state index contributed by atoms with van der Waals surface area (Å²) in [6.45, 7) is 1.64. The Morgan fingerprint density at radius 1 is 0.786 bits per heavy atom. The lowest BCUT2D eigenvalue weighted by molar-refractivity contribution is 0.512. The molecule has 0 aliphatic carbocycles. The van der Waals surface area contributed by atoms with Gasteiger partial charge in [0.05, 0.1) is 11.4 Å². The van der Waals surface area contributed by atoms with Crippen molar-refractivity contribution < 1.29 is 26.0 Å². The van der Waals surface area contributed by atoms with Crippen molar-refractivity contribution in [2.45, 2.75) is 11.8 Å². The van der Waals surface area contributed by atoms with Crippen LogP contribution in [-0.2, 0) is 10.0 Å². The Balaban J connectivity index is 2.05. The molecule has 3 aromatic rings. The zero-order valence-electron chi connectivity index (χ0n) is 14.4. The van der Waals surface area contributed by atoms with Crippen LogP contribution in [0.3, 0.4) is 0 Å². The van der Waals surface area contributed by atoms with Gasteiger partial charge in [-0.05, 0) is 48.9 Å². The highest BCUT2D eigenvalue weighted by Gasteiger charge is 2.23. The molecule has 0 aliphatic rings. The average Bonchev–Trinajstić information content (AvgIpc) is 2.63. The molecule has 28 heavy (non-hydrogen) atoms. The quantitative estimate of drug-likeness (QED) is 0.576. The molecule has 3 aromatic carbocycles. The molecule has 146 valence electrons. The van der Waals surface area contributed by atoms with E-state index in [4.69, 9.17) is 0 Å². The Hall–Kier alpha value is -3.07. The van der Waals surface area contributed by atoms with E-state index < -0.39 is 49.6 Å². The lowest BCUT2D eigenvalue weighted by Gasteiger charge is -2.16. The van der Waals surface area contributed by atoms with Crippen molar-refractivity contribution in [3.63, 3.8) is 0 Å². The normalized spacial score (nSPS) is 11.3. The van der Waals surface area contributed by atoms with E-state index in [9.17, 15) is 26.0 Å². The highest BCUT2D eigenvalue weighted by molar-refractivity contribution is 7.92. The van der Waals surface area contributed by atoms with Gasteiger partial charge in [-0.2, -0.15) is 0 Å². The summed E-state index contributed by atoms with van der Waals surface area (Å²) in [6, 6.07) is 10.2. The van der Waals surface area contributed by atoms with Crippen LogP contribution in [0.15, 0.2) is 59.5 Å². The predicted molar refractivity (Wildman–Crippen MR) is 98.0 cm³/mol. The van der Waals surface area contributed by atoms with Crippen LogP contribution in [0.5, 0.6) is 0 Å². The van der Waals surface area contributed by atoms with Crippen molar-refractivity contribution in [2.24, 2.45) is 0 Å². The van der Waals surface area contributed by atoms with Gasteiger partial charge in [-0.3, -0.25) is 4.72 Å². The van der Waals surface area contributed by atoms with Gasteiger partial charge >= 0.3 is 0 Å². The van der Waals surface area contributed by atoms with E-state index >= 15 is 0 Å². The molecule has 3 rings (SSSR count). The summed E-state index contributed by atoms with van der Waals surface area (Å²) < 4.78 is 82.9. The summed E-state index contributed by atoms with van der Waals surface area (Å²) in [5.74, 6) is -4.46. The summed E-state index contributed by atoms with van der Waals surface area (Å²) >= 11 is 0. The lowest BCUT2D eigenvalue weighted by Crippen LogP contribution is -2.16. The van der Waals surface area contributed by atoms with E-state index in [1.54, 1.807) is 6.92 Å². The first-order chi connectivity index (χ1) is 13.2. The van der Waals surface area contributed by atoms with Crippen molar-refractivity contribution in [1.82, 2.24) is 0 Å². The minimum absolute atomic E-state index is 0.193. The molecule has 0 spiro atoms. The summed E-state index contributed by atoms with van der Waals surface area (Å²) in [5, 5.41) is 2.36. The van der Waals surface area contributed by atoms with E-state index in [-0.39, 0.29) is 5.69 Å². The molecule has 0 saturated carbocycles. The van der Waals surface area contributed by atoms with Crippen molar-refractivity contribution in [3.8, 4) is 0 Å². The Bertz CT molecular complexity index is 1150. The molecule has 0 unspecified atom stereocenters. The topological polar surface area (TPSA) is 58.2 Å². The van der Waals surface area contributed by atoms with Crippen LogP contribution < -0.4 is 10.0 Å². The number of anilines is 3. The van der Waals surface area contributed by atoms with Gasteiger partial charge in [-0.25, -0.2) is 26.0 Å². The SMILES string of the molecule is Cc1ccc(Nc2c(NS(=O)(=O)c3ccccc3F)ccc(F)c2F)c(F)c1. The van der Waals surface area contributed by atoms with Crippen LogP contribution in [0.2, 0.25) is 0 Å². The maximum Gasteiger partial charge on any atom is 0.264 e. The highest BCUT2D eigenvalue weighted by Crippen LogP contribution is 2.33. The average molecular weight is 410 g/mol. The second kappa shape index (κ2) is 7.51. The molecule has 0 fully saturated rings. The standard InChI is InChI=1S/C19H14F4N2O2S/c1-11-6-8-15(14(22)10-11)24-19-16(9-7-13(21)18(19)23)25-28(26,27)17-5-3-2-4-12(17)20/h2-10,24-25H,1H3. The predicted octanol–water partition coefficient (Wildman–Crippen LogP) is 5.10. The molecule has 9 heteroatoms. The van der Waals surface area contributed by atoms with Crippen molar-refractivity contribution in [1.29, 1.82) is 0 Å². The summed E-state index contributed by atoms with van der Waals surface area (Å²) in [4.78, 5) is -0.674. The fourth-order valence-corrected chi connectivity index (χ4v) is 3.63. The first kappa shape index (κ1) is 19.7. The van der Waals surface area contributed by atoms with Gasteiger partial charge in [0.25, 0.3) is 10.0 Å². The van der Waals surface area contributed by atoms with E-state index in [1.807, 2.05) is 4.72 Å². The van der Waals surface area contributed by atoms with Gasteiger partial charge in [0.1, 0.15) is 22.2 Å². The van der Waals surface area contributed by atoms with Gasteiger partial charge < -0.3 is 5.32 Å². The zero-order valence-corrected chi connectivity index (χ0v) is 15.2. The molecule has 0 heterocycles. The lowest BCUT2D eigenvalue weighted by atomic mass is 10.2. The highest BCUT2D eigenvalue weighted by atomic mass is 32.2. The van der Waals surface area contributed by atoms with Crippen molar-refractivity contribution >= 4 is 27.1 Å². The molecule has 0 amide bonds. The first-order valence-electron chi connectivity index (χ1n) is 7.97. The second-order valence-electron chi connectivity index (χ2n) is 5.93. The largest absolute Gasteiger partial charge is 0.349 e. The number of sulfonamides is 1. The molecule has 0 radical (unpaired) electrons. The number of nitrogens with one attached hydrogen (secondary N) is 2. The molecular formula is C19H14F4N2O2S. The summed E-state index contributed by atoms with van der Waals surface area (Å²) in [5.41, 5.74) is -0.644. The molecule has 0 aromatic heterocycles. The Kier molecular flexibility index (Phi) is 5.28. The molecule has 4 nitrogen and oxygen atoms in total. The van der Waals surface area contributed by atoms with Gasteiger partial charge in [0, 0.05) is 0 Å². The number of aryl methyl sites for hydroxylation is 1. The zero-order chi connectivity index (χ0) is 20.5. The van der Waals surface area contributed by atoms with Gasteiger partial charge in [-0.15, -0.1) is 0 Å². The van der Waals surface area contributed by atoms with E-state index in [2.05, 4.69) is 5.32 Å². The molecular weight excluding hydrogens is 396 g/mol. The van der Waals surface area contributed by atoms with Crippen molar-refractivity contribution in [3.05, 3.63) is 83.4 Å². The Morgan fingerprint density at radius 3 is 2.14 bits per heavy atom. The van der Waals surface area contributed by atoms with Crippen LogP contribution in [0.4, 0.5) is 34.6 Å². The maximum atomic E-state index is 14.3. The van der Waals surface area contributed by atoms with Crippen LogP contribution in [-0.4, -0.2) is 8.42 Å². The van der Waals surface area contributed by atoms with Gasteiger partial charge in [-0.1, -0.05) is 18.2 Å². The molecule has 2 N–H and O–H groups in total. The van der Waals surface area contributed by atoms with Crippen LogP contribution in [0.1, 0.15) is 5.56 Å². The van der Waals surface area contributed by atoms with E-state index in [1.165, 1.54) is 30.3 Å². The third-order valence-electron chi connectivity index (χ3n) is 3.85. The van der Waals surface area contributed by atoms with Crippen molar-refractivity contribution in [2.75, 3.05) is 10.0 Å². The number of benzene rings is 3. The third kappa shape index (κ3) is 3.94. The van der Waals surface area contributed by atoms with E-state index in [0.717, 1.165) is 18.2 Å². The molecule has 0 saturated heterocycles. The fourth-order valence-electron chi connectivity index (χ4n) is 2.48. The smallest absolute Gasteiger partial charge is 0.264 e. The Labute approximate surface area is 158 Å². The van der Waals surface area contributed by atoms with E-state index in [0.29, 0.717) is 11.6 Å². The van der Waals surface area contributed by atoms with Crippen LogP contribution in [0.25, 0.3) is 0 Å².